The van der Waals surface area contributed by atoms with Crippen molar-refractivity contribution in [1.29, 1.82) is 0 Å². The minimum atomic E-state index is -0.162. The Kier molecular flexibility index (Phi) is 4.15. The van der Waals surface area contributed by atoms with Crippen LogP contribution in [0.4, 0.5) is 0 Å². The fraction of sp³-hybridized carbons (Fsp3) is 0.471. The highest BCUT2D eigenvalue weighted by Crippen LogP contribution is 2.36. The number of hydrogen-bond donors (Lipinski definition) is 1. The molecule has 0 saturated heterocycles. The second kappa shape index (κ2) is 6.49. The summed E-state index contributed by atoms with van der Waals surface area (Å²) in [6.07, 6.45) is 6.91. The van der Waals surface area contributed by atoms with Gasteiger partial charge in [-0.1, -0.05) is 0 Å². The van der Waals surface area contributed by atoms with E-state index < -0.39 is 0 Å². The fourth-order valence-corrected chi connectivity index (χ4v) is 3.30. The molecule has 26 heavy (non-hydrogen) atoms. The molecule has 1 fully saturated rings. The van der Waals surface area contributed by atoms with Crippen molar-refractivity contribution >= 4 is 11.7 Å². The van der Waals surface area contributed by atoms with E-state index in [2.05, 4.69) is 34.9 Å². The van der Waals surface area contributed by atoms with Crippen molar-refractivity contribution in [3.63, 3.8) is 0 Å². The van der Waals surface area contributed by atoms with Crippen LogP contribution in [0.15, 0.2) is 24.7 Å². The first kappa shape index (κ1) is 16.6. The molecule has 0 radical (unpaired) electrons. The summed E-state index contributed by atoms with van der Waals surface area (Å²) < 4.78 is 3.81. The maximum Gasteiger partial charge on any atom is 0.271 e. The molecule has 4 rings (SSSR count). The summed E-state index contributed by atoms with van der Waals surface area (Å²) in [4.78, 5) is 22.9. The topological polar surface area (TPSA) is 93.2 Å². The third-order valence-electron chi connectivity index (χ3n) is 4.76. The molecule has 1 aliphatic rings. The van der Waals surface area contributed by atoms with Gasteiger partial charge in [-0.05, 0) is 33.0 Å². The van der Waals surface area contributed by atoms with E-state index >= 15 is 0 Å². The van der Waals surface area contributed by atoms with Gasteiger partial charge in [-0.3, -0.25) is 9.20 Å². The predicted molar refractivity (Wildman–Crippen MR) is 94.6 cm³/mol. The molecule has 0 atom stereocenters. The molecular formula is C17H22N8O. The van der Waals surface area contributed by atoms with Crippen LogP contribution in [0.5, 0.6) is 0 Å². The quantitative estimate of drug-likeness (QED) is 0.721. The molecule has 9 heteroatoms. The van der Waals surface area contributed by atoms with Gasteiger partial charge in [0.2, 0.25) is 5.78 Å². The molecule has 9 nitrogen and oxygen atoms in total. The van der Waals surface area contributed by atoms with Crippen molar-refractivity contribution in [3.05, 3.63) is 42.0 Å². The van der Waals surface area contributed by atoms with Gasteiger partial charge < -0.3 is 14.8 Å². The molecular weight excluding hydrogens is 332 g/mol. The Hall–Kier alpha value is -2.81. The fourth-order valence-electron chi connectivity index (χ4n) is 3.30. The summed E-state index contributed by atoms with van der Waals surface area (Å²) in [5, 5.41) is 11.7. The Labute approximate surface area is 151 Å². The number of nitrogens with one attached hydrogen (secondary N) is 1. The number of nitrogens with zero attached hydrogens (tertiary/aromatic N) is 7. The zero-order valence-electron chi connectivity index (χ0n) is 15.1. The zero-order valence-corrected chi connectivity index (χ0v) is 15.1. The van der Waals surface area contributed by atoms with Crippen molar-refractivity contribution in [1.82, 2.24) is 39.3 Å². The molecule has 1 amide bonds. The van der Waals surface area contributed by atoms with E-state index in [1.54, 1.807) is 22.9 Å². The number of hydrogen-bond acceptors (Lipinski definition) is 6. The Balaban J connectivity index is 1.36. The van der Waals surface area contributed by atoms with Crippen LogP contribution in [0.25, 0.3) is 5.78 Å². The molecule has 0 unspecified atom stereocenters. The number of carbonyl (C=O) groups is 1. The highest BCUT2D eigenvalue weighted by atomic mass is 16.2. The first-order valence-corrected chi connectivity index (χ1v) is 8.64. The smallest absolute Gasteiger partial charge is 0.271 e. The first-order chi connectivity index (χ1) is 12.5. The number of carbonyl (C=O) groups excluding carboxylic acids is 1. The van der Waals surface area contributed by atoms with Gasteiger partial charge in [0.15, 0.2) is 0 Å². The predicted octanol–water partition coefficient (Wildman–Crippen LogP) is 0.595. The molecule has 136 valence electrons. The second-order valence-electron chi connectivity index (χ2n) is 7.06. The Morgan fingerprint density at radius 2 is 2.15 bits per heavy atom. The summed E-state index contributed by atoms with van der Waals surface area (Å²) in [5.41, 5.74) is 0.388. The van der Waals surface area contributed by atoms with Gasteiger partial charge in [0, 0.05) is 37.6 Å². The SMILES string of the molecule is CN(C)Cc1nnc(C2CC(NC(=O)c3cn4cccnc4n3)C2)n1C. The Bertz CT molecular complexity index is 904. The van der Waals surface area contributed by atoms with Crippen molar-refractivity contribution in [3.8, 4) is 0 Å². The summed E-state index contributed by atoms with van der Waals surface area (Å²) in [6.45, 7) is 0.762. The van der Waals surface area contributed by atoms with Crippen LogP contribution in [-0.2, 0) is 13.6 Å². The lowest BCUT2D eigenvalue weighted by atomic mass is 9.79. The lowest BCUT2D eigenvalue weighted by molar-refractivity contribution is 0.0902. The Morgan fingerprint density at radius 3 is 2.88 bits per heavy atom. The van der Waals surface area contributed by atoms with Gasteiger partial charge in [0.05, 0.1) is 6.54 Å². The lowest BCUT2D eigenvalue weighted by Gasteiger charge is -2.34. The molecule has 3 aromatic heterocycles. The minimum absolute atomic E-state index is 0.138. The molecule has 0 aromatic carbocycles. The van der Waals surface area contributed by atoms with E-state index in [1.807, 2.05) is 27.3 Å². The molecule has 3 heterocycles. The van der Waals surface area contributed by atoms with Crippen molar-refractivity contribution in [2.24, 2.45) is 7.05 Å². The van der Waals surface area contributed by atoms with Crippen molar-refractivity contribution < 1.29 is 4.79 Å². The summed E-state index contributed by atoms with van der Waals surface area (Å²) >= 11 is 0. The molecule has 3 aromatic rings. The summed E-state index contributed by atoms with van der Waals surface area (Å²) in [5.74, 6) is 2.64. The van der Waals surface area contributed by atoms with Crippen LogP contribution in [0.1, 0.15) is 40.9 Å². The second-order valence-corrected chi connectivity index (χ2v) is 7.06. The van der Waals surface area contributed by atoms with Crippen molar-refractivity contribution in [2.75, 3.05) is 14.1 Å². The average Bonchev–Trinajstić information content (AvgIpc) is 3.15. The molecule has 1 N–H and O–H groups in total. The highest BCUT2D eigenvalue weighted by molar-refractivity contribution is 5.93. The van der Waals surface area contributed by atoms with Crippen LogP contribution in [0, 0.1) is 0 Å². The standard InChI is InChI=1S/C17H22N8O/c1-23(2)10-14-21-22-15(24(14)3)11-7-12(8-11)19-16(26)13-9-25-6-4-5-18-17(25)20-13/h4-6,9,11-12H,7-8,10H2,1-3H3,(H,19,26). The molecule has 0 spiro atoms. The van der Waals surface area contributed by atoms with E-state index in [4.69, 9.17) is 0 Å². The van der Waals surface area contributed by atoms with E-state index in [0.29, 0.717) is 17.4 Å². The van der Waals surface area contributed by atoms with Crippen LogP contribution in [0.2, 0.25) is 0 Å². The third kappa shape index (κ3) is 3.05. The van der Waals surface area contributed by atoms with Gasteiger partial charge >= 0.3 is 0 Å². The van der Waals surface area contributed by atoms with E-state index in [-0.39, 0.29) is 11.9 Å². The highest BCUT2D eigenvalue weighted by Gasteiger charge is 2.35. The maximum atomic E-state index is 12.4. The molecule has 0 bridgehead atoms. The normalized spacial score (nSPS) is 19.7. The molecule has 0 aliphatic heterocycles. The number of amides is 1. The van der Waals surface area contributed by atoms with Crippen molar-refractivity contribution in [2.45, 2.75) is 31.3 Å². The van der Waals surface area contributed by atoms with Gasteiger partial charge in [-0.25, -0.2) is 9.97 Å². The monoisotopic (exact) mass is 354 g/mol. The number of aromatic nitrogens is 6. The average molecular weight is 354 g/mol. The van der Waals surface area contributed by atoms with Crippen LogP contribution in [0.3, 0.4) is 0 Å². The number of rotatable bonds is 5. The van der Waals surface area contributed by atoms with Crippen LogP contribution < -0.4 is 5.32 Å². The number of imidazole rings is 1. The van der Waals surface area contributed by atoms with E-state index in [1.165, 1.54) is 0 Å². The van der Waals surface area contributed by atoms with Crippen LogP contribution in [-0.4, -0.2) is 60.1 Å². The summed E-state index contributed by atoms with van der Waals surface area (Å²) in [6, 6.07) is 1.94. The van der Waals surface area contributed by atoms with Gasteiger partial charge in [-0.2, -0.15) is 0 Å². The Morgan fingerprint density at radius 1 is 1.35 bits per heavy atom. The van der Waals surface area contributed by atoms with Gasteiger partial charge in [0.1, 0.15) is 17.3 Å². The third-order valence-corrected chi connectivity index (χ3v) is 4.76. The lowest BCUT2D eigenvalue weighted by Crippen LogP contribution is -2.44. The molecule has 1 aliphatic carbocycles. The largest absolute Gasteiger partial charge is 0.348 e. The van der Waals surface area contributed by atoms with Gasteiger partial charge in [0.25, 0.3) is 5.91 Å². The van der Waals surface area contributed by atoms with E-state index in [0.717, 1.165) is 31.0 Å². The zero-order chi connectivity index (χ0) is 18.3. The minimum Gasteiger partial charge on any atom is -0.348 e. The van der Waals surface area contributed by atoms with E-state index in [9.17, 15) is 4.79 Å². The van der Waals surface area contributed by atoms with Crippen LogP contribution >= 0.6 is 0 Å². The first-order valence-electron chi connectivity index (χ1n) is 8.64. The summed E-state index contributed by atoms with van der Waals surface area (Å²) in [7, 11) is 6.03. The molecule has 1 saturated carbocycles. The number of fused-ring (bicyclic) bond motifs is 1. The van der Waals surface area contributed by atoms with Gasteiger partial charge in [-0.15, -0.1) is 10.2 Å². The maximum absolute atomic E-state index is 12.4.